The lowest BCUT2D eigenvalue weighted by Gasteiger charge is -2.08. The van der Waals surface area contributed by atoms with Gasteiger partial charge in [0.1, 0.15) is 10.8 Å². The molecule has 5 heteroatoms. The van der Waals surface area contributed by atoms with E-state index in [0.717, 1.165) is 14.8 Å². The minimum atomic E-state index is -0.262. The van der Waals surface area contributed by atoms with Crippen LogP contribution in [-0.4, -0.2) is 10.9 Å². The number of nitrogens with zero attached hydrogens (tertiary/aromatic N) is 1. The maximum Gasteiger partial charge on any atom is 0.274 e. The van der Waals surface area contributed by atoms with Crippen molar-refractivity contribution in [3.8, 4) is 0 Å². The SMILES string of the molecule is Cc1cc(I)ccc1NC(=O)c1cccc(Cl)n1. The topological polar surface area (TPSA) is 42.0 Å². The zero-order valence-corrected chi connectivity index (χ0v) is 12.5. The van der Waals surface area contributed by atoms with Crippen molar-refractivity contribution in [3.05, 3.63) is 56.4 Å². The number of anilines is 1. The summed E-state index contributed by atoms with van der Waals surface area (Å²) in [5, 5.41) is 3.12. The molecule has 0 bridgehead atoms. The summed E-state index contributed by atoms with van der Waals surface area (Å²) < 4.78 is 1.13. The van der Waals surface area contributed by atoms with Crippen molar-refractivity contribution in [2.45, 2.75) is 6.92 Å². The first-order valence-electron chi connectivity index (χ1n) is 5.26. The van der Waals surface area contributed by atoms with E-state index in [9.17, 15) is 4.79 Å². The molecule has 1 amide bonds. The molecule has 0 unspecified atom stereocenters. The standard InChI is InChI=1S/C13H10ClIN2O/c1-8-7-9(15)5-6-10(8)17-13(18)11-3-2-4-12(14)16-11/h2-7H,1H3,(H,17,18). The van der Waals surface area contributed by atoms with Gasteiger partial charge < -0.3 is 5.32 Å². The van der Waals surface area contributed by atoms with Crippen molar-refractivity contribution in [1.29, 1.82) is 0 Å². The van der Waals surface area contributed by atoms with Crippen molar-refractivity contribution < 1.29 is 4.79 Å². The number of aromatic nitrogens is 1. The molecule has 0 aliphatic heterocycles. The van der Waals surface area contributed by atoms with Crippen molar-refractivity contribution >= 4 is 45.8 Å². The molecular formula is C13H10ClIN2O. The second-order valence-electron chi connectivity index (χ2n) is 3.76. The van der Waals surface area contributed by atoms with E-state index in [1.165, 1.54) is 0 Å². The Hall–Kier alpha value is -1.14. The van der Waals surface area contributed by atoms with E-state index in [4.69, 9.17) is 11.6 Å². The van der Waals surface area contributed by atoms with Gasteiger partial charge in [-0.3, -0.25) is 4.79 Å². The van der Waals surface area contributed by atoms with E-state index in [1.807, 2.05) is 25.1 Å². The van der Waals surface area contributed by atoms with E-state index in [1.54, 1.807) is 18.2 Å². The second kappa shape index (κ2) is 5.67. The van der Waals surface area contributed by atoms with Gasteiger partial charge in [-0.25, -0.2) is 4.98 Å². The van der Waals surface area contributed by atoms with Gasteiger partial charge in [0.05, 0.1) is 0 Å². The molecule has 3 nitrogen and oxygen atoms in total. The summed E-state index contributed by atoms with van der Waals surface area (Å²) in [5.74, 6) is -0.262. The number of carbonyl (C=O) groups is 1. The number of pyridine rings is 1. The number of amides is 1. The number of benzene rings is 1. The average molecular weight is 373 g/mol. The van der Waals surface area contributed by atoms with Crippen molar-refractivity contribution in [2.24, 2.45) is 0 Å². The van der Waals surface area contributed by atoms with Crippen molar-refractivity contribution in [2.75, 3.05) is 5.32 Å². The van der Waals surface area contributed by atoms with Crippen LogP contribution in [0.3, 0.4) is 0 Å². The number of hydrogen-bond acceptors (Lipinski definition) is 2. The molecular weight excluding hydrogens is 363 g/mol. The summed E-state index contributed by atoms with van der Waals surface area (Å²) in [7, 11) is 0. The van der Waals surface area contributed by atoms with E-state index < -0.39 is 0 Å². The van der Waals surface area contributed by atoms with Crippen LogP contribution in [0.1, 0.15) is 16.1 Å². The van der Waals surface area contributed by atoms with Crippen LogP contribution >= 0.6 is 34.2 Å². The van der Waals surface area contributed by atoms with Crippen LogP contribution in [0.15, 0.2) is 36.4 Å². The number of aryl methyl sites for hydroxylation is 1. The van der Waals surface area contributed by atoms with Crippen LogP contribution < -0.4 is 5.32 Å². The van der Waals surface area contributed by atoms with Gasteiger partial charge in [-0.2, -0.15) is 0 Å². The molecule has 2 rings (SSSR count). The van der Waals surface area contributed by atoms with E-state index in [0.29, 0.717) is 10.8 Å². The average Bonchev–Trinajstić information content (AvgIpc) is 2.32. The third-order valence-electron chi connectivity index (χ3n) is 2.38. The molecule has 0 radical (unpaired) electrons. The molecule has 0 atom stereocenters. The minimum Gasteiger partial charge on any atom is -0.320 e. The maximum absolute atomic E-state index is 12.0. The van der Waals surface area contributed by atoms with Crippen LogP contribution in [0, 0.1) is 10.5 Å². The third kappa shape index (κ3) is 3.20. The Bertz CT molecular complexity index is 601. The Balaban J connectivity index is 2.21. The lowest BCUT2D eigenvalue weighted by Crippen LogP contribution is -2.14. The van der Waals surface area contributed by atoms with Gasteiger partial charge in [-0.15, -0.1) is 0 Å². The van der Waals surface area contributed by atoms with Gasteiger partial charge in [0, 0.05) is 9.26 Å². The first-order valence-corrected chi connectivity index (χ1v) is 6.72. The molecule has 92 valence electrons. The number of rotatable bonds is 2. The first-order chi connectivity index (χ1) is 8.56. The summed E-state index contributed by atoms with van der Waals surface area (Å²) in [4.78, 5) is 15.9. The highest BCUT2D eigenvalue weighted by molar-refractivity contribution is 14.1. The summed E-state index contributed by atoms with van der Waals surface area (Å²) in [6.45, 7) is 1.95. The number of hydrogen-bond donors (Lipinski definition) is 1. The number of carbonyl (C=O) groups excluding carboxylic acids is 1. The fourth-order valence-corrected chi connectivity index (χ4v) is 2.30. The zero-order valence-electron chi connectivity index (χ0n) is 9.58. The van der Waals surface area contributed by atoms with Gasteiger partial charge in [-0.05, 0) is 65.4 Å². The Labute approximate surface area is 124 Å². The highest BCUT2D eigenvalue weighted by atomic mass is 127. The quantitative estimate of drug-likeness (QED) is 0.642. The van der Waals surface area contributed by atoms with E-state index in [2.05, 4.69) is 32.9 Å². The van der Waals surface area contributed by atoms with Crippen LogP contribution in [0.5, 0.6) is 0 Å². The largest absolute Gasteiger partial charge is 0.320 e. The molecule has 0 aliphatic carbocycles. The van der Waals surface area contributed by atoms with Crippen LogP contribution in [-0.2, 0) is 0 Å². The van der Waals surface area contributed by atoms with Gasteiger partial charge in [0.25, 0.3) is 5.91 Å². The zero-order chi connectivity index (χ0) is 13.1. The predicted molar refractivity (Wildman–Crippen MR) is 81.1 cm³/mol. The minimum absolute atomic E-state index is 0.262. The van der Waals surface area contributed by atoms with E-state index >= 15 is 0 Å². The van der Waals surface area contributed by atoms with Crippen LogP contribution in [0.25, 0.3) is 0 Å². The Morgan fingerprint density at radius 2 is 2.11 bits per heavy atom. The molecule has 1 aromatic heterocycles. The van der Waals surface area contributed by atoms with Gasteiger partial charge in [0.15, 0.2) is 0 Å². The molecule has 0 aliphatic rings. The van der Waals surface area contributed by atoms with Crippen molar-refractivity contribution in [3.63, 3.8) is 0 Å². The lowest BCUT2D eigenvalue weighted by molar-refractivity contribution is 0.102. The normalized spacial score (nSPS) is 10.2. The molecule has 1 aromatic carbocycles. The Kier molecular flexibility index (Phi) is 4.19. The smallest absolute Gasteiger partial charge is 0.274 e. The molecule has 0 saturated heterocycles. The fraction of sp³-hybridized carbons (Fsp3) is 0.0769. The summed E-state index contributed by atoms with van der Waals surface area (Å²) in [6, 6.07) is 10.8. The number of nitrogens with one attached hydrogen (secondary N) is 1. The van der Waals surface area contributed by atoms with Gasteiger partial charge >= 0.3 is 0 Å². The Morgan fingerprint density at radius 3 is 2.78 bits per heavy atom. The summed E-state index contributed by atoms with van der Waals surface area (Å²) in [6.07, 6.45) is 0. The molecule has 0 fully saturated rings. The molecule has 2 aromatic rings. The third-order valence-corrected chi connectivity index (χ3v) is 3.27. The molecule has 1 N–H and O–H groups in total. The fourth-order valence-electron chi connectivity index (χ4n) is 1.49. The highest BCUT2D eigenvalue weighted by Gasteiger charge is 2.09. The first kappa shape index (κ1) is 13.3. The maximum atomic E-state index is 12.0. The van der Waals surface area contributed by atoms with Crippen molar-refractivity contribution in [1.82, 2.24) is 4.98 Å². The van der Waals surface area contributed by atoms with Gasteiger partial charge in [0.2, 0.25) is 0 Å². The monoisotopic (exact) mass is 372 g/mol. The number of halogens is 2. The van der Waals surface area contributed by atoms with Crippen LogP contribution in [0.2, 0.25) is 5.15 Å². The molecule has 0 spiro atoms. The molecule has 1 heterocycles. The van der Waals surface area contributed by atoms with E-state index in [-0.39, 0.29) is 5.91 Å². The van der Waals surface area contributed by atoms with Crippen LogP contribution in [0.4, 0.5) is 5.69 Å². The van der Waals surface area contributed by atoms with Gasteiger partial charge in [-0.1, -0.05) is 17.7 Å². The lowest BCUT2D eigenvalue weighted by atomic mass is 10.2. The summed E-state index contributed by atoms with van der Waals surface area (Å²) in [5.41, 5.74) is 2.10. The highest BCUT2D eigenvalue weighted by Crippen LogP contribution is 2.18. The molecule has 0 saturated carbocycles. The summed E-state index contributed by atoms with van der Waals surface area (Å²) >= 11 is 7.98. The Morgan fingerprint density at radius 1 is 1.33 bits per heavy atom. The second-order valence-corrected chi connectivity index (χ2v) is 5.39. The predicted octanol–water partition coefficient (Wildman–Crippen LogP) is 3.90. The molecule has 18 heavy (non-hydrogen) atoms.